The first-order chi connectivity index (χ1) is 9.03. The van der Waals surface area contributed by atoms with Gasteiger partial charge in [0.25, 0.3) is 0 Å². The molecule has 7 nitrogen and oxygen atoms in total. The summed E-state index contributed by atoms with van der Waals surface area (Å²) in [7, 11) is -7.20. The van der Waals surface area contributed by atoms with Crippen LogP contribution in [-0.4, -0.2) is 36.2 Å². The van der Waals surface area contributed by atoms with Crippen molar-refractivity contribution in [3.8, 4) is 0 Å². The van der Waals surface area contributed by atoms with Crippen molar-refractivity contribution in [2.24, 2.45) is 0 Å². The SMILES string of the molecule is Cc1cc(Cl)c(S(=O)(=O)NCCNS(C)(=O)=O)cc1N. The van der Waals surface area contributed by atoms with Gasteiger partial charge in [0.05, 0.1) is 11.3 Å². The molecular formula is C10H16ClN3O4S2. The third kappa shape index (κ3) is 4.91. The number of nitrogens with two attached hydrogens (primary N) is 1. The molecule has 0 radical (unpaired) electrons. The van der Waals surface area contributed by atoms with E-state index in [2.05, 4.69) is 9.44 Å². The fourth-order valence-electron chi connectivity index (χ4n) is 1.37. The molecule has 0 spiro atoms. The molecule has 20 heavy (non-hydrogen) atoms. The van der Waals surface area contributed by atoms with Gasteiger partial charge in [0, 0.05) is 18.8 Å². The highest BCUT2D eigenvalue weighted by Crippen LogP contribution is 2.26. The Labute approximate surface area is 123 Å². The maximum Gasteiger partial charge on any atom is 0.242 e. The molecule has 0 saturated carbocycles. The van der Waals surface area contributed by atoms with Gasteiger partial charge in [-0.2, -0.15) is 0 Å². The standard InChI is InChI=1S/C10H16ClN3O4S2/c1-7-5-8(11)10(6-9(7)12)20(17,18)14-4-3-13-19(2,15)16/h5-6,13-14H,3-4,12H2,1-2H3. The van der Waals surface area contributed by atoms with Crippen molar-refractivity contribution >= 4 is 37.3 Å². The molecule has 0 fully saturated rings. The van der Waals surface area contributed by atoms with E-state index in [0.29, 0.717) is 11.3 Å². The van der Waals surface area contributed by atoms with E-state index in [-0.39, 0.29) is 23.0 Å². The lowest BCUT2D eigenvalue weighted by Crippen LogP contribution is -2.34. The van der Waals surface area contributed by atoms with E-state index in [0.717, 1.165) is 6.26 Å². The maximum absolute atomic E-state index is 12.0. The van der Waals surface area contributed by atoms with Crippen LogP contribution in [0.25, 0.3) is 0 Å². The Hall–Kier alpha value is -0.870. The van der Waals surface area contributed by atoms with Crippen LogP contribution in [0.4, 0.5) is 5.69 Å². The average Bonchev–Trinajstić information content (AvgIpc) is 2.28. The third-order valence-electron chi connectivity index (χ3n) is 2.39. The summed E-state index contributed by atoms with van der Waals surface area (Å²) in [6.07, 6.45) is 0.985. The van der Waals surface area contributed by atoms with E-state index in [4.69, 9.17) is 17.3 Å². The molecule has 0 saturated heterocycles. The number of sulfonamides is 2. The summed E-state index contributed by atoms with van der Waals surface area (Å²) < 4.78 is 50.1. The lowest BCUT2D eigenvalue weighted by molar-refractivity contribution is 0.573. The lowest BCUT2D eigenvalue weighted by Gasteiger charge is -2.10. The van der Waals surface area contributed by atoms with E-state index < -0.39 is 20.0 Å². The van der Waals surface area contributed by atoms with Crippen molar-refractivity contribution in [2.45, 2.75) is 11.8 Å². The maximum atomic E-state index is 12.0. The summed E-state index contributed by atoms with van der Waals surface area (Å²) in [5, 5.41) is 0.0558. The van der Waals surface area contributed by atoms with Crippen LogP contribution in [0.1, 0.15) is 5.56 Å². The van der Waals surface area contributed by atoms with E-state index >= 15 is 0 Å². The van der Waals surface area contributed by atoms with Gasteiger partial charge in [-0.3, -0.25) is 0 Å². The van der Waals surface area contributed by atoms with Crippen molar-refractivity contribution in [3.63, 3.8) is 0 Å². The Bertz CT molecular complexity index is 701. The number of hydrogen-bond donors (Lipinski definition) is 3. The predicted molar refractivity (Wildman–Crippen MR) is 78.6 cm³/mol. The second-order valence-corrected chi connectivity index (χ2v) is 8.18. The first-order valence-corrected chi connectivity index (χ1v) is 9.28. The zero-order valence-corrected chi connectivity index (χ0v) is 13.4. The average molecular weight is 342 g/mol. The number of halogens is 1. The van der Waals surface area contributed by atoms with Crippen LogP contribution in [0, 0.1) is 6.92 Å². The molecule has 0 aliphatic carbocycles. The molecule has 1 aromatic rings. The van der Waals surface area contributed by atoms with Gasteiger partial charge in [-0.05, 0) is 24.6 Å². The van der Waals surface area contributed by atoms with Gasteiger partial charge in [0.2, 0.25) is 20.0 Å². The summed E-state index contributed by atoms with van der Waals surface area (Å²) in [5.41, 5.74) is 6.64. The van der Waals surface area contributed by atoms with Gasteiger partial charge in [0.15, 0.2) is 0 Å². The van der Waals surface area contributed by atoms with Gasteiger partial charge < -0.3 is 5.73 Å². The van der Waals surface area contributed by atoms with Crippen LogP contribution in [0.15, 0.2) is 17.0 Å². The van der Waals surface area contributed by atoms with Crippen molar-refractivity contribution in [3.05, 3.63) is 22.7 Å². The second kappa shape index (κ2) is 6.27. The Morgan fingerprint density at radius 3 is 2.25 bits per heavy atom. The molecule has 1 rings (SSSR count). The lowest BCUT2D eigenvalue weighted by atomic mass is 10.2. The van der Waals surface area contributed by atoms with E-state index in [1.807, 2.05) is 0 Å². The molecule has 0 unspecified atom stereocenters. The topological polar surface area (TPSA) is 118 Å². The van der Waals surface area contributed by atoms with Crippen LogP contribution >= 0.6 is 11.6 Å². The zero-order valence-electron chi connectivity index (χ0n) is 11.0. The minimum Gasteiger partial charge on any atom is -0.398 e. The summed E-state index contributed by atoms with van der Waals surface area (Å²) >= 11 is 5.89. The van der Waals surface area contributed by atoms with Crippen molar-refractivity contribution in [2.75, 3.05) is 25.1 Å². The Kier molecular flexibility index (Phi) is 5.39. The number of nitrogen functional groups attached to an aromatic ring is 1. The van der Waals surface area contributed by atoms with Crippen LogP contribution in [-0.2, 0) is 20.0 Å². The highest BCUT2D eigenvalue weighted by molar-refractivity contribution is 7.89. The van der Waals surface area contributed by atoms with Gasteiger partial charge in [-0.15, -0.1) is 0 Å². The molecule has 1 aromatic carbocycles. The van der Waals surface area contributed by atoms with Gasteiger partial charge in [-0.1, -0.05) is 11.6 Å². The quantitative estimate of drug-likeness (QED) is 0.499. The smallest absolute Gasteiger partial charge is 0.242 e. The van der Waals surface area contributed by atoms with E-state index in [1.165, 1.54) is 12.1 Å². The molecule has 0 aliphatic heterocycles. The Balaban J connectivity index is 2.82. The van der Waals surface area contributed by atoms with Crippen molar-refractivity contribution in [1.82, 2.24) is 9.44 Å². The number of benzene rings is 1. The summed E-state index contributed by atoms with van der Waals surface area (Å²) in [5.74, 6) is 0. The summed E-state index contributed by atoms with van der Waals surface area (Å²) in [4.78, 5) is -0.137. The highest BCUT2D eigenvalue weighted by Gasteiger charge is 2.18. The van der Waals surface area contributed by atoms with Crippen LogP contribution in [0.3, 0.4) is 0 Å². The molecular weight excluding hydrogens is 326 g/mol. The molecule has 0 atom stereocenters. The first kappa shape index (κ1) is 17.2. The first-order valence-electron chi connectivity index (χ1n) is 5.53. The second-order valence-electron chi connectivity index (χ2n) is 4.20. The fraction of sp³-hybridized carbons (Fsp3) is 0.400. The molecule has 114 valence electrons. The molecule has 0 aromatic heterocycles. The largest absolute Gasteiger partial charge is 0.398 e. The number of aryl methyl sites for hydroxylation is 1. The molecule has 10 heteroatoms. The number of anilines is 1. The monoisotopic (exact) mass is 341 g/mol. The van der Waals surface area contributed by atoms with Crippen molar-refractivity contribution < 1.29 is 16.8 Å². The Morgan fingerprint density at radius 1 is 1.15 bits per heavy atom. The van der Waals surface area contributed by atoms with Gasteiger partial charge >= 0.3 is 0 Å². The summed E-state index contributed by atoms with van der Waals surface area (Å²) in [6.45, 7) is 1.55. The molecule has 0 aliphatic rings. The molecule has 0 bridgehead atoms. The minimum atomic E-state index is -3.84. The van der Waals surface area contributed by atoms with Crippen LogP contribution < -0.4 is 15.2 Å². The third-order valence-corrected chi connectivity index (χ3v) is 5.05. The number of rotatable bonds is 6. The fourth-order valence-corrected chi connectivity index (χ4v) is 3.49. The highest BCUT2D eigenvalue weighted by atomic mass is 35.5. The zero-order chi connectivity index (χ0) is 15.6. The predicted octanol–water partition coefficient (Wildman–Crippen LogP) is 0.0581. The van der Waals surface area contributed by atoms with E-state index in [1.54, 1.807) is 6.92 Å². The normalized spacial score (nSPS) is 12.6. The number of hydrogen-bond acceptors (Lipinski definition) is 5. The van der Waals surface area contributed by atoms with Gasteiger partial charge in [0.1, 0.15) is 4.90 Å². The Morgan fingerprint density at radius 2 is 1.70 bits per heavy atom. The van der Waals surface area contributed by atoms with Gasteiger partial charge in [-0.25, -0.2) is 26.3 Å². The summed E-state index contributed by atoms with van der Waals surface area (Å²) in [6, 6.07) is 2.73. The van der Waals surface area contributed by atoms with Crippen LogP contribution in [0.2, 0.25) is 5.02 Å². The molecule has 4 N–H and O–H groups in total. The minimum absolute atomic E-state index is 0.0558. The molecule has 0 heterocycles. The number of nitrogens with one attached hydrogen (secondary N) is 2. The van der Waals surface area contributed by atoms with Crippen molar-refractivity contribution in [1.29, 1.82) is 0 Å². The van der Waals surface area contributed by atoms with E-state index in [9.17, 15) is 16.8 Å². The van der Waals surface area contributed by atoms with Crippen LogP contribution in [0.5, 0.6) is 0 Å². The molecule has 0 amide bonds.